The molecule has 3 N–H and O–H groups in total. The largest absolute Gasteiger partial charge is 0.390 e. The molecule has 0 saturated heterocycles. The average Bonchev–Trinajstić information content (AvgIpc) is 1.82. The topological polar surface area (TPSA) is 46.2 Å². The first-order chi connectivity index (χ1) is 5.81. The number of hydrogen-bond donors (Lipinski definition) is 2. The fraction of sp³-hybridized carbons (Fsp3) is 1.00. The van der Waals surface area contributed by atoms with Gasteiger partial charge in [0, 0.05) is 6.04 Å². The predicted octanol–water partition coefficient (Wildman–Crippen LogP) is 2.30. The zero-order valence-corrected chi connectivity index (χ0v) is 9.72. The second kappa shape index (κ2) is 4.43. The van der Waals surface area contributed by atoms with E-state index in [0.717, 1.165) is 19.3 Å². The molecule has 0 aromatic carbocycles. The molecule has 1 saturated carbocycles. The molecule has 80 valence electrons. The molecule has 1 fully saturated rings. The Morgan fingerprint density at radius 2 is 1.62 bits per heavy atom. The van der Waals surface area contributed by atoms with E-state index in [2.05, 4.69) is 13.8 Å². The van der Waals surface area contributed by atoms with Crippen LogP contribution >= 0.6 is 0 Å². The van der Waals surface area contributed by atoms with E-state index in [0.29, 0.717) is 0 Å². The minimum Gasteiger partial charge on any atom is -0.390 e. The van der Waals surface area contributed by atoms with Crippen LogP contribution in [0.3, 0.4) is 0 Å². The molecule has 0 radical (unpaired) electrons. The Morgan fingerprint density at radius 3 is 1.92 bits per heavy atom. The van der Waals surface area contributed by atoms with Crippen molar-refractivity contribution in [3.8, 4) is 0 Å². The van der Waals surface area contributed by atoms with Crippen LogP contribution in [0.4, 0.5) is 0 Å². The molecule has 2 atom stereocenters. The average molecular weight is 187 g/mol. The zero-order valence-electron chi connectivity index (χ0n) is 9.72. The summed E-state index contributed by atoms with van der Waals surface area (Å²) in [6.07, 6.45) is 2.65. The molecule has 2 unspecified atom stereocenters. The van der Waals surface area contributed by atoms with E-state index in [1.165, 1.54) is 0 Å². The maximum Gasteiger partial charge on any atom is 0.0639 e. The van der Waals surface area contributed by atoms with E-state index >= 15 is 0 Å². The quantitative estimate of drug-likeness (QED) is 0.611. The smallest absolute Gasteiger partial charge is 0.0639 e. The van der Waals surface area contributed by atoms with Gasteiger partial charge in [0.25, 0.3) is 0 Å². The van der Waals surface area contributed by atoms with E-state index in [1.807, 2.05) is 20.8 Å². The van der Waals surface area contributed by atoms with E-state index < -0.39 is 5.60 Å². The van der Waals surface area contributed by atoms with Crippen molar-refractivity contribution in [1.82, 2.24) is 0 Å². The van der Waals surface area contributed by atoms with Gasteiger partial charge in [-0.2, -0.15) is 0 Å². The molecule has 0 heterocycles. The second-order valence-corrected chi connectivity index (χ2v) is 5.01. The molecule has 2 heteroatoms. The maximum absolute atomic E-state index is 9.80. The monoisotopic (exact) mass is 187 g/mol. The van der Waals surface area contributed by atoms with Gasteiger partial charge in [-0.3, -0.25) is 0 Å². The highest BCUT2D eigenvalue weighted by Gasteiger charge is 2.38. The van der Waals surface area contributed by atoms with Gasteiger partial charge < -0.3 is 10.8 Å². The van der Waals surface area contributed by atoms with Crippen molar-refractivity contribution >= 4 is 0 Å². The lowest BCUT2D eigenvalue weighted by atomic mass is 9.69. The van der Waals surface area contributed by atoms with Gasteiger partial charge in [0.05, 0.1) is 5.60 Å². The van der Waals surface area contributed by atoms with Crippen molar-refractivity contribution in [2.45, 2.75) is 65.5 Å². The van der Waals surface area contributed by atoms with Gasteiger partial charge in [0.2, 0.25) is 0 Å². The van der Waals surface area contributed by atoms with Crippen LogP contribution in [0.1, 0.15) is 53.9 Å². The molecule has 0 aromatic heterocycles. The van der Waals surface area contributed by atoms with Crippen LogP contribution in [0.15, 0.2) is 0 Å². The zero-order chi connectivity index (χ0) is 10.7. The Morgan fingerprint density at radius 1 is 1.15 bits per heavy atom. The van der Waals surface area contributed by atoms with Gasteiger partial charge >= 0.3 is 0 Å². The Labute approximate surface area is 82.5 Å². The first-order valence-electron chi connectivity index (χ1n) is 5.29. The first-order valence-corrected chi connectivity index (χ1v) is 5.29. The maximum atomic E-state index is 9.80. The fourth-order valence-electron chi connectivity index (χ4n) is 2.52. The number of rotatable bonds is 0. The Bertz CT molecular complexity index is 136. The predicted molar refractivity (Wildman–Crippen MR) is 57.6 cm³/mol. The first kappa shape index (κ1) is 12.9. The number of nitrogens with two attached hydrogens (primary N) is 1. The Balaban J connectivity index is 0.000000671. The summed E-state index contributed by atoms with van der Waals surface area (Å²) in [4.78, 5) is 0. The third-order valence-electron chi connectivity index (χ3n) is 2.38. The molecule has 0 spiro atoms. The highest BCUT2D eigenvalue weighted by molar-refractivity contribution is 4.92. The van der Waals surface area contributed by atoms with Gasteiger partial charge in [-0.25, -0.2) is 0 Å². The second-order valence-electron chi connectivity index (χ2n) is 5.01. The van der Waals surface area contributed by atoms with Crippen LogP contribution in [0.25, 0.3) is 0 Å². The molecule has 1 aliphatic rings. The fourth-order valence-corrected chi connectivity index (χ4v) is 2.52. The number of aliphatic hydroxyl groups is 1. The summed E-state index contributed by atoms with van der Waals surface area (Å²) in [5.41, 5.74) is 5.49. The molecule has 2 nitrogen and oxygen atoms in total. The van der Waals surface area contributed by atoms with Crippen LogP contribution < -0.4 is 5.73 Å². The van der Waals surface area contributed by atoms with Gasteiger partial charge in [-0.1, -0.05) is 27.7 Å². The van der Waals surface area contributed by atoms with Crippen molar-refractivity contribution < 1.29 is 5.11 Å². The molecular weight excluding hydrogens is 162 g/mol. The Hall–Kier alpha value is -0.0800. The van der Waals surface area contributed by atoms with Crippen molar-refractivity contribution in [2.75, 3.05) is 0 Å². The molecule has 0 amide bonds. The van der Waals surface area contributed by atoms with E-state index in [-0.39, 0.29) is 11.5 Å². The minimum absolute atomic E-state index is 0.175. The summed E-state index contributed by atoms with van der Waals surface area (Å²) in [7, 11) is 0. The van der Waals surface area contributed by atoms with Crippen LogP contribution in [0.5, 0.6) is 0 Å². The Kier molecular flexibility index (Phi) is 4.40. The molecule has 0 aromatic rings. The summed E-state index contributed by atoms with van der Waals surface area (Å²) in [5.74, 6) is 0. The molecule has 1 aliphatic carbocycles. The van der Waals surface area contributed by atoms with Gasteiger partial charge in [0.15, 0.2) is 0 Å². The van der Waals surface area contributed by atoms with Crippen LogP contribution in [0.2, 0.25) is 0 Å². The van der Waals surface area contributed by atoms with Crippen molar-refractivity contribution in [3.05, 3.63) is 0 Å². The lowest BCUT2D eigenvalue weighted by molar-refractivity contribution is -0.0308. The summed E-state index contributed by atoms with van der Waals surface area (Å²) >= 11 is 0. The summed E-state index contributed by atoms with van der Waals surface area (Å²) in [6, 6.07) is 0.175. The SMILES string of the molecule is CC.CC1(C)CC(N)CC(C)(O)C1. The van der Waals surface area contributed by atoms with Crippen molar-refractivity contribution in [3.63, 3.8) is 0 Å². The highest BCUT2D eigenvalue weighted by atomic mass is 16.3. The van der Waals surface area contributed by atoms with E-state index in [1.54, 1.807) is 0 Å². The van der Waals surface area contributed by atoms with E-state index in [4.69, 9.17) is 5.73 Å². The standard InChI is InChI=1S/C9H19NO.C2H6/c1-8(2)4-7(10)5-9(3,11)6-8;1-2/h7,11H,4-6,10H2,1-3H3;1-2H3. The van der Waals surface area contributed by atoms with Crippen LogP contribution in [0, 0.1) is 5.41 Å². The van der Waals surface area contributed by atoms with Crippen molar-refractivity contribution in [1.29, 1.82) is 0 Å². The number of hydrogen-bond acceptors (Lipinski definition) is 2. The van der Waals surface area contributed by atoms with Crippen LogP contribution in [-0.4, -0.2) is 16.7 Å². The van der Waals surface area contributed by atoms with Crippen LogP contribution in [-0.2, 0) is 0 Å². The molecule has 0 bridgehead atoms. The van der Waals surface area contributed by atoms with Gasteiger partial charge in [-0.15, -0.1) is 0 Å². The third kappa shape index (κ3) is 4.63. The lowest BCUT2D eigenvalue weighted by Gasteiger charge is -2.42. The molecule has 1 rings (SSSR count). The molecule has 0 aliphatic heterocycles. The third-order valence-corrected chi connectivity index (χ3v) is 2.38. The lowest BCUT2D eigenvalue weighted by Crippen LogP contribution is -2.45. The summed E-state index contributed by atoms with van der Waals surface area (Å²) in [5, 5.41) is 9.80. The van der Waals surface area contributed by atoms with E-state index in [9.17, 15) is 5.11 Å². The summed E-state index contributed by atoms with van der Waals surface area (Å²) in [6.45, 7) is 10.2. The molecule has 13 heavy (non-hydrogen) atoms. The summed E-state index contributed by atoms with van der Waals surface area (Å²) < 4.78 is 0. The molecular formula is C11H25NO. The highest BCUT2D eigenvalue weighted by Crippen LogP contribution is 2.39. The minimum atomic E-state index is -0.541. The van der Waals surface area contributed by atoms with Gasteiger partial charge in [0.1, 0.15) is 0 Å². The van der Waals surface area contributed by atoms with Gasteiger partial charge in [-0.05, 0) is 31.6 Å². The normalized spacial score (nSPS) is 37.6. The van der Waals surface area contributed by atoms with Crippen molar-refractivity contribution in [2.24, 2.45) is 11.1 Å².